The van der Waals surface area contributed by atoms with E-state index >= 15 is 0 Å². The van der Waals surface area contributed by atoms with Crippen molar-refractivity contribution in [3.05, 3.63) is 53.9 Å². The van der Waals surface area contributed by atoms with Crippen LogP contribution < -0.4 is 0 Å². The Morgan fingerprint density at radius 3 is 2.75 bits per heavy atom. The van der Waals surface area contributed by atoms with Crippen LogP contribution in [-0.2, 0) is 18.0 Å². The van der Waals surface area contributed by atoms with Crippen LogP contribution in [0.3, 0.4) is 0 Å². The number of nitrogens with zero attached hydrogens (tertiary/aromatic N) is 3. The minimum Gasteiger partial charge on any atom is -0.435 e. The quantitative estimate of drug-likeness (QED) is 0.559. The standard InChI is InChI=1S/C17H15N3O.O2S/c1-3-12-5-7-15-18-8-9-20(15)16(12)17-19-13-10-11(2)4-6-14(13)21-17;1-3-2/h4-10H,3H2,1-2H3;. The number of fused-ring (bicyclic) bond motifs is 2. The fourth-order valence-corrected chi connectivity index (χ4v) is 2.70. The van der Waals surface area contributed by atoms with Crippen LogP contribution in [0.4, 0.5) is 0 Å². The first-order chi connectivity index (χ1) is 11.7. The molecule has 0 bridgehead atoms. The van der Waals surface area contributed by atoms with E-state index in [1.165, 1.54) is 11.1 Å². The summed E-state index contributed by atoms with van der Waals surface area (Å²) in [7, 11) is 0. The van der Waals surface area contributed by atoms with E-state index in [2.05, 4.69) is 29.9 Å². The summed E-state index contributed by atoms with van der Waals surface area (Å²) in [6.45, 7) is 4.19. The van der Waals surface area contributed by atoms with Crippen molar-refractivity contribution in [1.29, 1.82) is 0 Å². The molecule has 24 heavy (non-hydrogen) atoms. The molecule has 122 valence electrons. The molecule has 0 N–H and O–H groups in total. The molecule has 0 radical (unpaired) electrons. The molecule has 3 aromatic heterocycles. The summed E-state index contributed by atoms with van der Waals surface area (Å²) in [5.74, 6) is 0.649. The molecule has 0 aliphatic rings. The van der Waals surface area contributed by atoms with Crippen LogP contribution in [0.5, 0.6) is 0 Å². The molecule has 0 saturated carbocycles. The van der Waals surface area contributed by atoms with Crippen molar-refractivity contribution < 1.29 is 12.8 Å². The van der Waals surface area contributed by atoms with E-state index in [1.807, 2.05) is 34.9 Å². The minimum absolute atomic E-state index is 0.649. The number of oxazole rings is 1. The summed E-state index contributed by atoms with van der Waals surface area (Å²) in [6, 6.07) is 10.2. The topological polar surface area (TPSA) is 77.5 Å². The van der Waals surface area contributed by atoms with Crippen LogP contribution in [-0.4, -0.2) is 22.8 Å². The number of rotatable bonds is 2. The molecule has 3 heterocycles. The summed E-state index contributed by atoms with van der Waals surface area (Å²) < 4.78 is 24.6. The van der Waals surface area contributed by atoms with Crippen LogP contribution >= 0.6 is 0 Å². The third-order valence-corrected chi connectivity index (χ3v) is 3.77. The van der Waals surface area contributed by atoms with Crippen molar-refractivity contribution in [1.82, 2.24) is 14.4 Å². The van der Waals surface area contributed by atoms with Gasteiger partial charge in [-0.05, 0) is 42.7 Å². The molecule has 0 fully saturated rings. The predicted octanol–water partition coefficient (Wildman–Crippen LogP) is 3.34. The fourth-order valence-electron chi connectivity index (χ4n) is 2.70. The number of aromatic nitrogens is 3. The SMILES string of the molecule is CCc1ccc2nccn2c1-c1nc2cc(C)ccc2o1.O=S=O. The highest BCUT2D eigenvalue weighted by Crippen LogP contribution is 2.28. The Labute approximate surface area is 141 Å². The number of pyridine rings is 1. The molecule has 0 spiro atoms. The lowest BCUT2D eigenvalue weighted by Crippen LogP contribution is -1.97. The number of aryl methyl sites for hydroxylation is 2. The number of hydrogen-bond acceptors (Lipinski definition) is 5. The van der Waals surface area contributed by atoms with Gasteiger partial charge in [-0.2, -0.15) is 8.42 Å². The van der Waals surface area contributed by atoms with Gasteiger partial charge in [0.15, 0.2) is 5.58 Å². The summed E-state index contributed by atoms with van der Waals surface area (Å²) in [4.78, 5) is 9.01. The van der Waals surface area contributed by atoms with Crippen LogP contribution in [0.2, 0.25) is 0 Å². The van der Waals surface area contributed by atoms with Crippen molar-refractivity contribution in [2.24, 2.45) is 0 Å². The van der Waals surface area contributed by atoms with E-state index in [9.17, 15) is 0 Å². The largest absolute Gasteiger partial charge is 0.435 e. The summed E-state index contributed by atoms with van der Waals surface area (Å²) in [5, 5.41) is 0. The first kappa shape index (κ1) is 16.1. The summed E-state index contributed by atoms with van der Waals surface area (Å²) in [5.41, 5.74) is 5.98. The first-order valence-corrected chi connectivity index (χ1v) is 8.09. The van der Waals surface area contributed by atoms with E-state index in [4.69, 9.17) is 12.8 Å². The molecule has 6 nitrogen and oxygen atoms in total. The molecular weight excluding hydrogens is 326 g/mol. The van der Waals surface area contributed by atoms with Gasteiger partial charge in [-0.3, -0.25) is 4.40 Å². The van der Waals surface area contributed by atoms with Gasteiger partial charge in [-0.15, -0.1) is 0 Å². The van der Waals surface area contributed by atoms with Gasteiger partial charge in [-0.25, -0.2) is 9.97 Å². The van der Waals surface area contributed by atoms with Crippen LogP contribution in [0.25, 0.3) is 28.3 Å². The maximum atomic E-state index is 8.29. The second-order valence-corrected chi connectivity index (χ2v) is 5.41. The molecule has 0 amide bonds. The Bertz CT molecular complexity index is 1050. The normalized spacial score (nSPS) is 10.6. The average molecular weight is 341 g/mol. The van der Waals surface area contributed by atoms with Gasteiger partial charge >= 0.3 is 11.6 Å². The van der Waals surface area contributed by atoms with Gasteiger partial charge in [0.1, 0.15) is 16.9 Å². The lowest BCUT2D eigenvalue weighted by molar-refractivity contribution is 0.614. The van der Waals surface area contributed by atoms with Gasteiger partial charge in [0.2, 0.25) is 5.89 Å². The number of benzene rings is 1. The molecule has 1 aromatic carbocycles. The Kier molecular flexibility index (Phi) is 4.52. The molecule has 0 unspecified atom stereocenters. The molecule has 4 rings (SSSR count). The zero-order chi connectivity index (χ0) is 17.1. The highest BCUT2D eigenvalue weighted by molar-refractivity contribution is 7.51. The Hall–Kier alpha value is -2.80. The van der Waals surface area contributed by atoms with Crippen molar-refractivity contribution >= 4 is 28.3 Å². The molecule has 0 saturated heterocycles. The summed E-state index contributed by atoms with van der Waals surface area (Å²) >= 11 is -0.750. The smallest absolute Gasteiger partial charge is 0.335 e. The van der Waals surface area contributed by atoms with E-state index in [1.54, 1.807) is 6.20 Å². The highest BCUT2D eigenvalue weighted by atomic mass is 32.1. The van der Waals surface area contributed by atoms with Crippen molar-refractivity contribution in [2.75, 3.05) is 0 Å². The second-order valence-electron chi connectivity index (χ2n) is 5.27. The maximum Gasteiger partial charge on any atom is 0.335 e. The van der Waals surface area contributed by atoms with Crippen molar-refractivity contribution in [3.63, 3.8) is 0 Å². The van der Waals surface area contributed by atoms with E-state index < -0.39 is 11.6 Å². The maximum absolute atomic E-state index is 8.29. The second kappa shape index (κ2) is 6.76. The molecule has 0 atom stereocenters. The van der Waals surface area contributed by atoms with Gasteiger partial charge in [-0.1, -0.05) is 19.1 Å². The van der Waals surface area contributed by atoms with Crippen LogP contribution in [0.15, 0.2) is 47.1 Å². The van der Waals surface area contributed by atoms with Gasteiger partial charge in [0.05, 0.1) is 0 Å². The van der Waals surface area contributed by atoms with Gasteiger partial charge < -0.3 is 4.42 Å². The Balaban J connectivity index is 0.000000526. The fraction of sp³-hybridized carbons (Fsp3) is 0.176. The monoisotopic (exact) mass is 341 g/mol. The average Bonchev–Trinajstić information content (AvgIpc) is 3.20. The van der Waals surface area contributed by atoms with Gasteiger partial charge in [0.25, 0.3) is 0 Å². The molecule has 0 aliphatic heterocycles. The van der Waals surface area contributed by atoms with Crippen molar-refractivity contribution in [2.45, 2.75) is 20.3 Å². The lowest BCUT2D eigenvalue weighted by atomic mass is 10.1. The van der Waals surface area contributed by atoms with Gasteiger partial charge in [0, 0.05) is 12.4 Å². The first-order valence-electron chi connectivity index (χ1n) is 7.42. The van der Waals surface area contributed by atoms with E-state index in [0.29, 0.717) is 5.89 Å². The predicted molar refractivity (Wildman–Crippen MR) is 91.2 cm³/mol. The van der Waals surface area contributed by atoms with E-state index in [-0.39, 0.29) is 0 Å². The van der Waals surface area contributed by atoms with Crippen LogP contribution in [0, 0.1) is 6.92 Å². The molecule has 0 aliphatic carbocycles. The van der Waals surface area contributed by atoms with Crippen molar-refractivity contribution in [3.8, 4) is 11.6 Å². The lowest BCUT2D eigenvalue weighted by Gasteiger charge is -2.07. The third kappa shape index (κ3) is 2.85. The minimum atomic E-state index is -0.750. The molecular formula is C17H15N3O3S. The summed E-state index contributed by atoms with van der Waals surface area (Å²) in [6.07, 6.45) is 4.66. The third-order valence-electron chi connectivity index (χ3n) is 3.77. The zero-order valence-electron chi connectivity index (χ0n) is 13.2. The van der Waals surface area contributed by atoms with Crippen LogP contribution in [0.1, 0.15) is 18.1 Å². The Morgan fingerprint density at radius 1 is 1.21 bits per heavy atom. The number of hydrogen-bond donors (Lipinski definition) is 0. The zero-order valence-corrected chi connectivity index (χ0v) is 14.0. The van der Waals surface area contributed by atoms with E-state index in [0.717, 1.165) is 28.9 Å². The molecule has 4 aromatic rings. The number of imidazole rings is 1. The Morgan fingerprint density at radius 2 is 2.00 bits per heavy atom. The highest BCUT2D eigenvalue weighted by Gasteiger charge is 2.15. The molecule has 7 heteroatoms.